The van der Waals surface area contributed by atoms with E-state index >= 15 is 0 Å². The molecular formula is C15H23ClN2OS. The average molecular weight is 315 g/mol. The summed E-state index contributed by atoms with van der Waals surface area (Å²) in [7, 11) is 0. The van der Waals surface area contributed by atoms with Crippen molar-refractivity contribution in [1.82, 2.24) is 5.32 Å². The van der Waals surface area contributed by atoms with Crippen LogP contribution in [0.15, 0.2) is 24.3 Å². The molecule has 5 heteroatoms. The minimum atomic E-state index is 0. The van der Waals surface area contributed by atoms with E-state index in [0.717, 1.165) is 23.4 Å². The fraction of sp³-hybridized carbons (Fsp3) is 0.533. The van der Waals surface area contributed by atoms with Crippen molar-refractivity contribution in [1.29, 1.82) is 0 Å². The molecule has 1 aromatic carbocycles. The van der Waals surface area contributed by atoms with Crippen molar-refractivity contribution in [2.75, 3.05) is 11.5 Å². The van der Waals surface area contributed by atoms with Crippen molar-refractivity contribution in [3.05, 3.63) is 29.8 Å². The highest BCUT2D eigenvalue weighted by Gasteiger charge is 2.28. The van der Waals surface area contributed by atoms with E-state index in [4.69, 9.17) is 5.73 Å². The highest BCUT2D eigenvalue weighted by molar-refractivity contribution is 7.99. The lowest BCUT2D eigenvalue weighted by Gasteiger charge is -2.20. The van der Waals surface area contributed by atoms with Crippen LogP contribution < -0.4 is 11.1 Å². The van der Waals surface area contributed by atoms with Gasteiger partial charge in [0, 0.05) is 17.0 Å². The number of nitrogen functional groups attached to an aromatic ring is 1. The standard InChI is InChI=1S/C15H22N2OS.ClH/c1-2-19-14-5-3-4-13(14)17-15(18)10-11-6-8-12(16)9-7-11;/h6-9,13-14H,2-5,10,16H2,1H3,(H,17,18);1H. The largest absolute Gasteiger partial charge is 0.399 e. The van der Waals surface area contributed by atoms with Crippen LogP contribution in [-0.2, 0) is 11.2 Å². The fourth-order valence-electron chi connectivity index (χ4n) is 2.58. The van der Waals surface area contributed by atoms with Crippen LogP contribution in [0.5, 0.6) is 0 Å². The molecule has 20 heavy (non-hydrogen) atoms. The first-order valence-corrected chi connectivity index (χ1v) is 7.99. The van der Waals surface area contributed by atoms with Gasteiger partial charge in [-0.3, -0.25) is 4.79 Å². The number of carbonyl (C=O) groups excluding carboxylic acids is 1. The zero-order valence-corrected chi connectivity index (χ0v) is 13.4. The third-order valence-electron chi connectivity index (χ3n) is 3.52. The molecule has 0 radical (unpaired) electrons. The molecule has 2 unspecified atom stereocenters. The quantitative estimate of drug-likeness (QED) is 0.821. The molecule has 112 valence electrons. The van der Waals surface area contributed by atoms with E-state index in [1.165, 1.54) is 12.8 Å². The zero-order chi connectivity index (χ0) is 13.7. The lowest BCUT2D eigenvalue weighted by molar-refractivity contribution is -0.121. The summed E-state index contributed by atoms with van der Waals surface area (Å²) in [6.07, 6.45) is 4.02. The van der Waals surface area contributed by atoms with Crippen LogP contribution >= 0.6 is 24.2 Å². The van der Waals surface area contributed by atoms with E-state index < -0.39 is 0 Å². The summed E-state index contributed by atoms with van der Waals surface area (Å²) in [6, 6.07) is 7.87. The molecule has 1 aliphatic carbocycles. The number of benzene rings is 1. The average Bonchev–Trinajstić information content (AvgIpc) is 2.80. The molecule has 0 saturated heterocycles. The van der Waals surface area contributed by atoms with Gasteiger partial charge in [0.1, 0.15) is 0 Å². The van der Waals surface area contributed by atoms with Crippen LogP contribution in [0.3, 0.4) is 0 Å². The number of amides is 1. The second-order valence-corrected chi connectivity index (χ2v) is 6.53. The first-order chi connectivity index (χ1) is 9.19. The Labute approximate surface area is 131 Å². The molecule has 2 atom stereocenters. The van der Waals surface area contributed by atoms with Gasteiger partial charge in [0.2, 0.25) is 5.91 Å². The second-order valence-electron chi connectivity index (χ2n) is 5.02. The van der Waals surface area contributed by atoms with Gasteiger partial charge in [-0.15, -0.1) is 12.4 Å². The number of nitrogens with two attached hydrogens (primary N) is 1. The predicted octanol–water partition coefficient (Wildman–Crippen LogP) is 3.02. The normalized spacial score (nSPS) is 21.2. The number of halogens is 1. The van der Waals surface area contributed by atoms with E-state index in [1.807, 2.05) is 36.0 Å². The molecule has 1 fully saturated rings. The van der Waals surface area contributed by atoms with E-state index in [1.54, 1.807) is 0 Å². The van der Waals surface area contributed by atoms with Crippen molar-refractivity contribution in [2.45, 2.75) is 43.9 Å². The van der Waals surface area contributed by atoms with Gasteiger partial charge in [0.25, 0.3) is 0 Å². The van der Waals surface area contributed by atoms with Crippen molar-refractivity contribution in [3.8, 4) is 0 Å². The topological polar surface area (TPSA) is 55.1 Å². The highest BCUT2D eigenvalue weighted by Crippen LogP contribution is 2.29. The van der Waals surface area contributed by atoms with E-state index in [2.05, 4.69) is 12.2 Å². The van der Waals surface area contributed by atoms with Crippen LogP contribution in [0.4, 0.5) is 5.69 Å². The monoisotopic (exact) mass is 314 g/mol. The van der Waals surface area contributed by atoms with Crippen LogP contribution in [0, 0.1) is 0 Å². The number of hydrogen-bond acceptors (Lipinski definition) is 3. The van der Waals surface area contributed by atoms with Gasteiger partial charge < -0.3 is 11.1 Å². The smallest absolute Gasteiger partial charge is 0.224 e. The van der Waals surface area contributed by atoms with Crippen molar-refractivity contribution < 1.29 is 4.79 Å². The summed E-state index contributed by atoms with van der Waals surface area (Å²) in [4.78, 5) is 12.1. The van der Waals surface area contributed by atoms with E-state index in [9.17, 15) is 4.79 Å². The molecule has 1 aromatic rings. The predicted molar refractivity (Wildman–Crippen MR) is 89.5 cm³/mol. The first kappa shape index (κ1) is 17.2. The third kappa shape index (κ3) is 4.91. The maximum atomic E-state index is 12.1. The first-order valence-electron chi connectivity index (χ1n) is 6.94. The maximum Gasteiger partial charge on any atom is 0.224 e. The molecule has 0 heterocycles. The number of hydrogen-bond donors (Lipinski definition) is 2. The lowest BCUT2D eigenvalue weighted by Crippen LogP contribution is -2.39. The minimum Gasteiger partial charge on any atom is -0.399 e. The summed E-state index contributed by atoms with van der Waals surface area (Å²) >= 11 is 1.97. The molecule has 0 aliphatic heterocycles. The molecule has 0 aromatic heterocycles. The Morgan fingerprint density at radius 1 is 1.35 bits per heavy atom. The zero-order valence-electron chi connectivity index (χ0n) is 11.8. The van der Waals surface area contributed by atoms with E-state index in [-0.39, 0.29) is 18.3 Å². The number of anilines is 1. The summed E-state index contributed by atoms with van der Waals surface area (Å²) in [5.41, 5.74) is 7.39. The summed E-state index contributed by atoms with van der Waals surface area (Å²) in [6.45, 7) is 2.18. The third-order valence-corrected chi connectivity index (χ3v) is 4.85. The maximum absolute atomic E-state index is 12.1. The van der Waals surface area contributed by atoms with Crippen molar-refractivity contribution in [2.24, 2.45) is 0 Å². The molecule has 1 saturated carbocycles. The molecule has 3 nitrogen and oxygen atoms in total. The summed E-state index contributed by atoms with van der Waals surface area (Å²) < 4.78 is 0. The van der Waals surface area contributed by atoms with Crippen LogP contribution in [-0.4, -0.2) is 23.0 Å². The van der Waals surface area contributed by atoms with Crippen molar-refractivity contribution in [3.63, 3.8) is 0 Å². The van der Waals surface area contributed by atoms with Gasteiger partial charge in [-0.1, -0.05) is 25.5 Å². The van der Waals surface area contributed by atoms with Gasteiger partial charge in [-0.25, -0.2) is 0 Å². The summed E-state index contributed by atoms with van der Waals surface area (Å²) in [5, 5.41) is 3.78. The Bertz CT molecular complexity index is 424. The molecule has 3 N–H and O–H groups in total. The Morgan fingerprint density at radius 3 is 2.70 bits per heavy atom. The van der Waals surface area contributed by atoms with Gasteiger partial charge in [0.05, 0.1) is 6.42 Å². The molecule has 2 rings (SSSR count). The highest BCUT2D eigenvalue weighted by atomic mass is 35.5. The van der Waals surface area contributed by atoms with Crippen LogP contribution in [0.1, 0.15) is 31.7 Å². The molecule has 1 amide bonds. The van der Waals surface area contributed by atoms with Gasteiger partial charge >= 0.3 is 0 Å². The second kappa shape index (κ2) is 8.42. The SMILES string of the molecule is CCSC1CCCC1NC(=O)Cc1ccc(N)cc1.Cl. The Kier molecular flexibility index (Phi) is 7.24. The number of nitrogens with one attached hydrogen (secondary N) is 1. The molecule has 0 bridgehead atoms. The number of carbonyl (C=O) groups is 1. The summed E-state index contributed by atoms with van der Waals surface area (Å²) in [5.74, 6) is 1.24. The lowest BCUT2D eigenvalue weighted by atomic mass is 10.1. The van der Waals surface area contributed by atoms with E-state index in [0.29, 0.717) is 17.7 Å². The van der Waals surface area contributed by atoms with Gasteiger partial charge in [-0.05, 0) is 36.3 Å². The van der Waals surface area contributed by atoms with Crippen LogP contribution in [0.25, 0.3) is 0 Å². The van der Waals surface area contributed by atoms with Gasteiger partial charge in [0.15, 0.2) is 0 Å². The van der Waals surface area contributed by atoms with Gasteiger partial charge in [-0.2, -0.15) is 11.8 Å². The Hall–Kier alpha value is -0.870. The number of thioether (sulfide) groups is 1. The molecule has 0 spiro atoms. The Balaban J connectivity index is 0.00000200. The molecule has 1 aliphatic rings. The van der Waals surface area contributed by atoms with Crippen molar-refractivity contribution >= 4 is 35.8 Å². The Morgan fingerprint density at radius 2 is 2.05 bits per heavy atom. The van der Waals surface area contributed by atoms with Crippen LogP contribution in [0.2, 0.25) is 0 Å². The number of rotatable bonds is 5. The minimum absolute atomic E-state index is 0. The molecular weight excluding hydrogens is 292 g/mol. The fourth-order valence-corrected chi connectivity index (χ4v) is 3.78.